The van der Waals surface area contributed by atoms with Gasteiger partial charge in [-0.15, -0.1) is 55.0 Å². The average molecular weight is 1360 g/mol. The topological polar surface area (TPSA) is 216 Å². The summed E-state index contributed by atoms with van der Waals surface area (Å²) < 4.78 is 22.1. The van der Waals surface area contributed by atoms with Gasteiger partial charge >= 0.3 is 35.8 Å². The van der Waals surface area contributed by atoms with Crippen LogP contribution in [0.15, 0.2) is 60.7 Å². The highest BCUT2D eigenvalue weighted by atomic mass is 35.5. The number of hydrogen-bond acceptors (Lipinski definition) is 13. The van der Waals surface area contributed by atoms with Gasteiger partial charge in [0.05, 0.1) is 42.9 Å². The molecule has 2 atom stereocenters. The van der Waals surface area contributed by atoms with Crippen LogP contribution in [0, 0.1) is 51.8 Å². The Morgan fingerprint density at radius 1 is 0.407 bits per heavy atom. The van der Waals surface area contributed by atoms with Crippen LogP contribution in [-0.2, 0) is 64.3 Å². The zero-order valence-corrected chi connectivity index (χ0v) is 58.3. The molecule has 20 heteroatoms. The van der Waals surface area contributed by atoms with Gasteiger partial charge in [0.15, 0.2) is 16.2 Å². The van der Waals surface area contributed by atoms with E-state index in [1.807, 2.05) is 24.3 Å². The van der Waals surface area contributed by atoms with E-state index >= 15 is 0 Å². The summed E-state index contributed by atoms with van der Waals surface area (Å²) in [5.41, 5.74) is -3.40. The maximum absolute atomic E-state index is 14.1. The van der Waals surface area contributed by atoms with Crippen molar-refractivity contribution in [3.8, 4) is 47.0 Å². The van der Waals surface area contributed by atoms with Gasteiger partial charge in [-0.2, -0.15) is 0 Å². The number of carbonyl (C=O) groups excluding carboxylic acids is 4. The van der Waals surface area contributed by atoms with Crippen LogP contribution >= 0.6 is 60.4 Å². The number of hydrogen-bond donors (Lipinski definition) is 5. The van der Waals surface area contributed by atoms with Gasteiger partial charge < -0.3 is 45.1 Å². The molecule has 0 aliphatic rings. The standard InChI is InChI=1S/C71H97Cl2N3O12.3ClH/c1-7-10-13-16-19-22-31-48-85-61-40-38-57(50-59(61)72)53-75-46-28-25-42-69(4,63(77)78)65(81)87-67(83)71(6,44-27-30-45-74-52-56-36-34-55(35-37-56)33-24-21-18-15-12-9-3)68(84)88-66(82)70(5,64(79)80)43-26-29-47-76-54-58-39-41-62(60(73)51-58)86-49-32-23-20-17-14-11-8-2;;;/h34-41,50-51,74-76H,7-24,31-33,42-49,52-54H2,1-6H3,(H,77,78)(H,79,80);3*1H. The fraction of sp³-hybridized carbons (Fsp3) is 0.577. The third-order valence-electron chi connectivity index (χ3n) is 15.3. The van der Waals surface area contributed by atoms with Crippen LogP contribution in [0.2, 0.25) is 10.0 Å². The number of ether oxygens (including phenoxy) is 4. The van der Waals surface area contributed by atoms with Crippen LogP contribution in [0.4, 0.5) is 0 Å². The normalized spacial score (nSPS) is 12.5. The summed E-state index contributed by atoms with van der Waals surface area (Å²) in [4.78, 5) is 80.9. The van der Waals surface area contributed by atoms with Gasteiger partial charge in [0.1, 0.15) is 11.5 Å². The average Bonchev–Trinajstić information content (AvgIpc) is 1.89. The largest absolute Gasteiger partial charge is 0.492 e. The SMILES string of the molecule is CCCCCCCCCOc1ccc(CNCC#CCC(C)(C(=O)O)C(=O)OC(=O)C(C)(CC#CCNCc2ccc(CCCCCCCC)cc2)C(=O)OC(=O)C(C)(CC#CCNCc2ccc(OCCCCCCCCC)c(Cl)c2)C(=O)O)cc1Cl.Cl.Cl.Cl. The first-order chi connectivity index (χ1) is 42.3. The van der Waals surface area contributed by atoms with Crippen molar-refractivity contribution in [1.82, 2.24) is 16.0 Å². The molecule has 15 nitrogen and oxygen atoms in total. The van der Waals surface area contributed by atoms with Gasteiger partial charge in [-0.3, -0.25) is 28.8 Å². The Balaban J connectivity index is 0.0000270. The van der Waals surface area contributed by atoms with E-state index in [1.54, 1.807) is 24.3 Å². The van der Waals surface area contributed by atoms with Crippen LogP contribution in [0.3, 0.4) is 0 Å². The zero-order chi connectivity index (χ0) is 64.5. The summed E-state index contributed by atoms with van der Waals surface area (Å²) >= 11 is 13.0. The molecule has 506 valence electrons. The minimum absolute atomic E-state index is 0. The van der Waals surface area contributed by atoms with Gasteiger partial charge in [-0.25, -0.2) is 0 Å². The van der Waals surface area contributed by atoms with Crippen molar-refractivity contribution in [3.05, 3.63) is 93.0 Å². The molecule has 0 saturated heterocycles. The lowest BCUT2D eigenvalue weighted by Crippen LogP contribution is -2.47. The summed E-state index contributed by atoms with van der Waals surface area (Å²) in [5, 5.41) is 30.9. The molecule has 0 spiro atoms. The third kappa shape index (κ3) is 32.8. The lowest BCUT2D eigenvalue weighted by Gasteiger charge is -2.27. The fourth-order valence-corrected chi connectivity index (χ4v) is 9.50. The van der Waals surface area contributed by atoms with Crippen LogP contribution in [0.25, 0.3) is 0 Å². The summed E-state index contributed by atoms with van der Waals surface area (Å²) in [6.07, 6.45) is 22.8. The van der Waals surface area contributed by atoms with Crippen molar-refractivity contribution in [2.45, 2.75) is 215 Å². The molecular weight excluding hydrogens is 1260 g/mol. The number of carboxylic acid groups (broad SMARTS) is 2. The first-order valence-corrected chi connectivity index (χ1v) is 32.5. The molecule has 0 aliphatic heterocycles. The Hall–Kier alpha value is -5.51. The van der Waals surface area contributed by atoms with E-state index in [2.05, 4.69) is 84.4 Å². The molecule has 0 amide bonds. The fourth-order valence-electron chi connectivity index (χ4n) is 8.99. The third-order valence-corrected chi connectivity index (χ3v) is 15.9. The first-order valence-electron chi connectivity index (χ1n) is 31.7. The molecule has 0 radical (unpaired) electrons. The second-order valence-electron chi connectivity index (χ2n) is 23.2. The highest BCUT2D eigenvalue weighted by molar-refractivity contribution is 6.32. The maximum atomic E-state index is 14.1. The number of halogens is 5. The molecule has 5 N–H and O–H groups in total. The summed E-state index contributed by atoms with van der Waals surface area (Å²) in [5.74, 6) is 8.07. The van der Waals surface area contributed by atoms with Gasteiger partial charge in [0.25, 0.3) is 0 Å². The minimum atomic E-state index is -2.55. The lowest BCUT2D eigenvalue weighted by molar-refractivity contribution is -0.184. The minimum Gasteiger partial charge on any atom is -0.492 e. The van der Waals surface area contributed by atoms with E-state index in [-0.39, 0.29) is 56.9 Å². The number of nitrogens with one attached hydrogen (secondary N) is 3. The first kappa shape index (κ1) is 85.5. The number of esters is 4. The number of carbonyl (C=O) groups is 6. The van der Waals surface area contributed by atoms with Gasteiger partial charge in [0, 0.05) is 38.9 Å². The van der Waals surface area contributed by atoms with E-state index in [1.165, 1.54) is 102 Å². The van der Waals surface area contributed by atoms with Gasteiger partial charge in [-0.1, -0.05) is 207 Å². The molecule has 2 unspecified atom stereocenters. The van der Waals surface area contributed by atoms with Gasteiger partial charge in [0.2, 0.25) is 0 Å². The number of carboxylic acids is 2. The number of aliphatic carboxylic acids is 2. The Bertz CT molecular complexity index is 2710. The van der Waals surface area contributed by atoms with Crippen molar-refractivity contribution in [2.24, 2.45) is 16.2 Å². The van der Waals surface area contributed by atoms with Crippen LogP contribution in [0.1, 0.15) is 211 Å². The highest BCUT2D eigenvalue weighted by Gasteiger charge is 2.52. The van der Waals surface area contributed by atoms with Crippen LogP contribution in [0.5, 0.6) is 11.5 Å². The van der Waals surface area contributed by atoms with E-state index < -0.39 is 71.3 Å². The molecule has 3 aromatic carbocycles. The molecule has 0 bridgehead atoms. The Kier molecular flexibility index (Phi) is 46.2. The number of rotatable bonds is 43. The number of aryl methyl sites for hydroxylation is 1. The number of unbranched alkanes of at least 4 members (excludes halogenated alkanes) is 17. The smallest absolute Gasteiger partial charge is 0.331 e. The molecule has 0 aliphatic carbocycles. The molecule has 3 rings (SSSR count). The molecule has 3 aromatic rings. The molecule has 0 fully saturated rings. The van der Waals surface area contributed by atoms with E-state index in [4.69, 9.17) is 42.1 Å². The molecule has 0 heterocycles. The predicted octanol–water partition coefficient (Wildman–Crippen LogP) is 15.6. The quantitative estimate of drug-likeness (QED) is 0.0154. The maximum Gasteiger partial charge on any atom is 0.331 e. The highest BCUT2D eigenvalue weighted by Crippen LogP contribution is 2.33. The van der Waals surface area contributed by atoms with Crippen molar-refractivity contribution in [2.75, 3.05) is 32.8 Å². The monoisotopic (exact) mass is 1360 g/mol. The van der Waals surface area contributed by atoms with Crippen molar-refractivity contribution >= 4 is 96.2 Å². The predicted molar refractivity (Wildman–Crippen MR) is 369 cm³/mol. The Morgan fingerprint density at radius 3 is 1.05 bits per heavy atom. The van der Waals surface area contributed by atoms with Crippen molar-refractivity contribution in [3.63, 3.8) is 0 Å². The van der Waals surface area contributed by atoms with E-state index in [9.17, 15) is 39.0 Å². The zero-order valence-electron chi connectivity index (χ0n) is 54.4. The molecule has 91 heavy (non-hydrogen) atoms. The summed E-state index contributed by atoms with van der Waals surface area (Å²) in [6.45, 7) is 12.3. The lowest BCUT2D eigenvalue weighted by atomic mass is 9.84. The molecule has 0 aromatic heterocycles. The van der Waals surface area contributed by atoms with Crippen molar-refractivity contribution < 1.29 is 57.9 Å². The van der Waals surface area contributed by atoms with Gasteiger partial charge in [-0.05, 0) is 93.0 Å². The van der Waals surface area contributed by atoms with Crippen molar-refractivity contribution in [1.29, 1.82) is 0 Å². The number of benzene rings is 3. The van der Waals surface area contributed by atoms with E-state index in [0.29, 0.717) is 54.4 Å². The Morgan fingerprint density at radius 2 is 0.703 bits per heavy atom. The van der Waals surface area contributed by atoms with E-state index in [0.717, 1.165) is 76.0 Å². The Labute approximate surface area is 571 Å². The summed E-state index contributed by atoms with van der Waals surface area (Å²) in [6, 6.07) is 19.2. The van der Waals surface area contributed by atoms with Crippen LogP contribution in [-0.4, -0.2) is 78.9 Å². The second-order valence-corrected chi connectivity index (χ2v) is 24.0. The van der Waals surface area contributed by atoms with Crippen LogP contribution < -0.4 is 25.4 Å². The summed E-state index contributed by atoms with van der Waals surface area (Å²) in [7, 11) is 0. The second kappa shape index (κ2) is 49.1. The molecule has 0 saturated carbocycles. The molecular formula is C71H100Cl5N3O12.